The number of hydrogen-bond acceptors (Lipinski definition) is 6. The number of fused-ring (bicyclic) bond motifs is 1. The van der Waals surface area contributed by atoms with Gasteiger partial charge in [0, 0.05) is 37.5 Å². The van der Waals surface area contributed by atoms with Crippen molar-refractivity contribution in [3.05, 3.63) is 30.0 Å². The van der Waals surface area contributed by atoms with Crippen molar-refractivity contribution in [3.63, 3.8) is 0 Å². The minimum Gasteiger partial charge on any atom is -0.352 e. The van der Waals surface area contributed by atoms with Gasteiger partial charge < -0.3 is 10.2 Å². The molecule has 8 nitrogen and oxygen atoms in total. The fraction of sp³-hybridized carbons (Fsp3) is 0.533. The summed E-state index contributed by atoms with van der Waals surface area (Å²) in [6.07, 6.45) is 8.34. The zero-order valence-electron chi connectivity index (χ0n) is 13.0. The Hall–Kier alpha value is -2.51. The minimum absolute atomic E-state index is 0.0128. The van der Waals surface area contributed by atoms with E-state index in [2.05, 4.69) is 30.5 Å². The molecule has 0 unspecified atom stereocenters. The largest absolute Gasteiger partial charge is 0.352 e. The average Bonchev–Trinajstić information content (AvgIpc) is 3.26. The summed E-state index contributed by atoms with van der Waals surface area (Å²) in [5, 5.41) is 11.0. The Labute approximate surface area is 133 Å². The molecular formula is C15H19N7O. The molecule has 2 aromatic rings. The third-order valence-electron chi connectivity index (χ3n) is 4.61. The van der Waals surface area contributed by atoms with Crippen molar-refractivity contribution >= 4 is 11.7 Å². The number of carbonyl (C=O) groups excluding carboxylic acids is 1. The molecular weight excluding hydrogens is 294 g/mol. The Bertz CT molecular complexity index is 715. The summed E-state index contributed by atoms with van der Waals surface area (Å²) in [6.45, 7) is 3.01. The summed E-state index contributed by atoms with van der Waals surface area (Å²) in [5.41, 5.74) is 2.42. The molecule has 1 fully saturated rings. The number of aromatic nitrogens is 5. The SMILES string of the molecule is CC(=O)N[C@@H]1CN(c2ncnc3c2CCC3)C[C@@H]1n1ccnn1. The lowest BCUT2D eigenvalue weighted by atomic mass is 10.2. The summed E-state index contributed by atoms with van der Waals surface area (Å²) in [5.74, 6) is 0.973. The fourth-order valence-electron chi connectivity index (χ4n) is 3.64. The van der Waals surface area contributed by atoms with Gasteiger partial charge in [-0.25, -0.2) is 14.6 Å². The highest BCUT2D eigenvalue weighted by Crippen LogP contribution is 2.32. The van der Waals surface area contributed by atoms with Gasteiger partial charge in [-0.2, -0.15) is 0 Å². The highest BCUT2D eigenvalue weighted by atomic mass is 16.1. The summed E-state index contributed by atoms with van der Waals surface area (Å²) < 4.78 is 1.82. The first-order valence-electron chi connectivity index (χ1n) is 7.93. The maximum absolute atomic E-state index is 11.5. The highest BCUT2D eigenvalue weighted by molar-refractivity contribution is 5.73. The first kappa shape index (κ1) is 14.1. The molecule has 120 valence electrons. The van der Waals surface area contributed by atoms with Crippen LogP contribution < -0.4 is 10.2 Å². The molecule has 2 atom stereocenters. The van der Waals surface area contributed by atoms with Crippen LogP contribution in [-0.2, 0) is 17.6 Å². The van der Waals surface area contributed by atoms with E-state index >= 15 is 0 Å². The third kappa shape index (κ3) is 2.54. The van der Waals surface area contributed by atoms with Gasteiger partial charge in [0.1, 0.15) is 12.1 Å². The molecule has 1 aliphatic heterocycles. The number of carbonyl (C=O) groups is 1. The molecule has 0 bridgehead atoms. The maximum Gasteiger partial charge on any atom is 0.217 e. The zero-order chi connectivity index (χ0) is 15.8. The zero-order valence-corrected chi connectivity index (χ0v) is 13.0. The van der Waals surface area contributed by atoms with Crippen LogP contribution in [0.5, 0.6) is 0 Å². The smallest absolute Gasteiger partial charge is 0.217 e. The van der Waals surface area contributed by atoms with Crippen LogP contribution in [0.1, 0.15) is 30.6 Å². The number of aryl methyl sites for hydroxylation is 1. The lowest BCUT2D eigenvalue weighted by Crippen LogP contribution is -2.40. The second kappa shape index (κ2) is 5.60. The van der Waals surface area contributed by atoms with E-state index in [0.717, 1.165) is 37.3 Å². The van der Waals surface area contributed by atoms with Crippen LogP contribution in [0.2, 0.25) is 0 Å². The Morgan fingerprint density at radius 3 is 3.00 bits per heavy atom. The van der Waals surface area contributed by atoms with Gasteiger partial charge in [-0.15, -0.1) is 5.10 Å². The van der Waals surface area contributed by atoms with Gasteiger partial charge in [0.2, 0.25) is 5.91 Å². The predicted molar refractivity (Wildman–Crippen MR) is 82.9 cm³/mol. The molecule has 0 radical (unpaired) electrons. The van der Waals surface area contributed by atoms with Gasteiger partial charge in [-0.05, 0) is 19.3 Å². The molecule has 1 aliphatic carbocycles. The molecule has 2 aromatic heterocycles. The summed E-state index contributed by atoms with van der Waals surface area (Å²) >= 11 is 0. The van der Waals surface area contributed by atoms with Crippen molar-refractivity contribution in [2.24, 2.45) is 0 Å². The first-order valence-corrected chi connectivity index (χ1v) is 7.93. The Balaban J connectivity index is 1.64. The molecule has 0 saturated carbocycles. The van der Waals surface area contributed by atoms with Crippen molar-refractivity contribution < 1.29 is 4.79 Å². The van der Waals surface area contributed by atoms with E-state index in [1.54, 1.807) is 19.4 Å². The van der Waals surface area contributed by atoms with Crippen LogP contribution in [-0.4, -0.2) is 50.0 Å². The highest BCUT2D eigenvalue weighted by Gasteiger charge is 2.37. The lowest BCUT2D eigenvalue weighted by molar-refractivity contribution is -0.119. The van der Waals surface area contributed by atoms with Gasteiger partial charge in [0.15, 0.2) is 0 Å². The molecule has 2 aliphatic rings. The van der Waals surface area contributed by atoms with Gasteiger partial charge in [0.25, 0.3) is 0 Å². The second-order valence-electron chi connectivity index (χ2n) is 6.14. The van der Waals surface area contributed by atoms with Gasteiger partial charge in [0.05, 0.1) is 18.3 Å². The number of amides is 1. The van der Waals surface area contributed by atoms with E-state index in [4.69, 9.17) is 0 Å². The number of anilines is 1. The molecule has 8 heteroatoms. The van der Waals surface area contributed by atoms with E-state index in [1.807, 2.05) is 10.9 Å². The van der Waals surface area contributed by atoms with Gasteiger partial charge in [-0.1, -0.05) is 5.21 Å². The predicted octanol–water partition coefficient (Wildman–Crippen LogP) is 0.123. The first-order chi connectivity index (χ1) is 11.2. The Morgan fingerprint density at radius 2 is 2.22 bits per heavy atom. The molecule has 1 amide bonds. The second-order valence-corrected chi connectivity index (χ2v) is 6.14. The molecule has 0 aromatic carbocycles. The number of nitrogens with zero attached hydrogens (tertiary/aromatic N) is 6. The molecule has 4 rings (SSSR count). The van der Waals surface area contributed by atoms with Crippen LogP contribution >= 0.6 is 0 Å². The van der Waals surface area contributed by atoms with E-state index in [9.17, 15) is 4.79 Å². The van der Waals surface area contributed by atoms with Gasteiger partial charge >= 0.3 is 0 Å². The fourth-order valence-corrected chi connectivity index (χ4v) is 3.64. The van der Waals surface area contributed by atoms with Crippen molar-refractivity contribution in [3.8, 4) is 0 Å². The summed E-state index contributed by atoms with van der Waals surface area (Å²) in [4.78, 5) is 22.7. The number of nitrogens with one attached hydrogen (secondary N) is 1. The van der Waals surface area contributed by atoms with Crippen LogP contribution in [0.3, 0.4) is 0 Å². The van der Waals surface area contributed by atoms with E-state index in [0.29, 0.717) is 6.54 Å². The van der Waals surface area contributed by atoms with Crippen LogP contribution in [0.4, 0.5) is 5.82 Å². The normalized spacial score (nSPS) is 23.1. The molecule has 1 N–H and O–H groups in total. The van der Waals surface area contributed by atoms with Crippen molar-refractivity contribution in [1.82, 2.24) is 30.3 Å². The average molecular weight is 313 g/mol. The van der Waals surface area contributed by atoms with Crippen molar-refractivity contribution in [2.75, 3.05) is 18.0 Å². The van der Waals surface area contributed by atoms with Crippen LogP contribution in [0, 0.1) is 0 Å². The molecule has 3 heterocycles. The van der Waals surface area contributed by atoms with Gasteiger partial charge in [-0.3, -0.25) is 4.79 Å². The minimum atomic E-state index is -0.0325. The molecule has 23 heavy (non-hydrogen) atoms. The third-order valence-corrected chi connectivity index (χ3v) is 4.61. The van der Waals surface area contributed by atoms with Crippen LogP contribution in [0.15, 0.2) is 18.7 Å². The van der Waals surface area contributed by atoms with Crippen LogP contribution in [0.25, 0.3) is 0 Å². The Morgan fingerprint density at radius 1 is 1.30 bits per heavy atom. The Kier molecular flexibility index (Phi) is 3.44. The molecule has 1 saturated heterocycles. The summed E-state index contributed by atoms with van der Waals surface area (Å²) in [7, 11) is 0. The quantitative estimate of drug-likeness (QED) is 0.866. The maximum atomic E-state index is 11.5. The summed E-state index contributed by atoms with van der Waals surface area (Å²) in [6, 6.07) is 0.0367. The van der Waals surface area contributed by atoms with E-state index in [-0.39, 0.29) is 18.0 Å². The topological polar surface area (TPSA) is 88.8 Å². The number of rotatable bonds is 3. The lowest BCUT2D eigenvalue weighted by Gasteiger charge is -2.19. The van der Waals surface area contributed by atoms with Crippen molar-refractivity contribution in [2.45, 2.75) is 38.3 Å². The monoisotopic (exact) mass is 313 g/mol. The number of hydrogen-bond donors (Lipinski definition) is 1. The van der Waals surface area contributed by atoms with E-state index < -0.39 is 0 Å². The standard InChI is InChI=1S/C15H19N7O/c1-10(23)19-13-7-21(8-14(13)22-6-5-18-20-22)15-11-3-2-4-12(11)16-9-17-15/h5-6,9,13-14H,2-4,7-8H2,1H3,(H,19,23)/t13-,14+/m1/s1. The molecule has 0 spiro atoms. The van der Waals surface area contributed by atoms with E-state index in [1.165, 1.54) is 5.56 Å². The van der Waals surface area contributed by atoms with Crippen molar-refractivity contribution in [1.29, 1.82) is 0 Å².